The molecule has 4 heterocycles. The van der Waals surface area contributed by atoms with E-state index in [1.54, 1.807) is 6.20 Å². The van der Waals surface area contributed by atoms with E-state index in [1.807, 2.05) is 0 Å². The molecule has 2 aliphatic heterocycles. The average Bonchev–Trinajstić information content (AvgIpc) is 3.88. The summed E-state index contributed by atoms with van der Waals surface area (Å²) in [5.41, 5.74) is 6.14. The summed E-state index contributed by atoms with van der Waals surface area (Å²) in [5.74, 6) is -1.58. The van der Waals surface area contributed by atoms with Gasteiger partial charge < -0.3 is 10.0 Å². The number of halogens is 2. The standard InChI is InChI=1S/C42H45F2N8O/c1-40(2)33-15-9-11-17-36(33)49(5)38(40)19-7-6-8-20-39-41(3,4)34-16-10-12-18-37(34)52(39)23-13-14-31-25-50(48-47-31)26-42(53,27-51-29-45-28-46-51)32-22-21-30(43)24-35(32)44/h6-12,15-22,24-25,28-29,53H,13-14,23,26-27H2,1-5H3/q+1. The molecule has 7 rings (SSSR count). The topological polar surface area (TPSA) is 87.9 Å². The van der Waals surface area contributed by atoms with Crippen molar-refractivity contribution >= 4 is 17.1 Å². The monoisotopic (exact) mass is 715 g/mol. The molecule has 0 aliphatic carbocycles. The van der Waals surface area contributed by atoms with Crippen LogP contribution in [0.25, 0.3) is 0 Å². The van der Waals surface area contributed by atoms with Crippen molar-refractivity contribution in [3.8, 4) is 0 Å². The summed E-state index contributed by atoms with van der Waals surface area (Å²) in [6, 6.07) is 20.3. The van der Waals surface area contributed by atoms with Crippen molar-refractivity contribution in [2.75, 3.05) is 18.5 Å². The first-order valence-corrected chi connectivity index (χ1v) is 17.9. The molecule has 1 N–H and O–H groups in total. The first-order chi connectivity index (χ1) is 25.4. The summed E-state index contributed by atoms with van der Waals surface area (Å²) < 4.78 is 33.9. The van der Waals surface area contributed by atoms with Crippen LogP contribution in [0.3, 0.4) is 0 Å². The second-order valence-electron chi connectivity index (χ2n) is 14.9. The Hall–Kier alpha value is -5.55. The van der Waals surface area contributed by atoms with Gasteiger partial charge in [0.1, 0.15) is 36.9 Å². The van der Waals surface area contributed by atoms with E-state index in [0.717, 1.165) is 30.8 Å². The number of rotatable bonds is 12. The maximum absolute atomic E-state index is 14.9. The molecule has 1 atom stereocenters. The maximum atomic E-state index is 14.9. The van der Waals surface area contributed by atoms with Crippen molar-refractivity contribution in [3.63, 3.8) is 0 Å². The molecule has 53 heavy (non-hydrogen) atoms. The molecule has 11 heteroatoms. The molecule has 0 saturated carbocycles. The molecule has 1 unspecified atom stereocenters. The molecule has 9 nitrogen and oxygen atoms in total. The van der Waals surface area contributed by atoms with Gasteiger partial charge in [-0.15, -0.1) is 5.10 Å². The first kappa shape index (κ1) is 35.8. The highest BCUT2D eigenvalue weighted by Gasteiger charge is 2.43. The van der Waals surface area contributed by atoms with E-state index >= 15 is 0 Å². The van der Waals surface area contributed by atoms with Crippen molar-refractivity contribution in [2.24, 2.45) is 0 Å². The van der Waals surface area contributed by atoms with Crippen LogP contribution in [0, 0.1) is 11.6 Å². The fourth-order valence-corrected chi connectivity index (χ4v) is 7.93. The Morgan fingerprint density at radius 3 is 2.40 bits per heavy atom. The molecule has 2 aliphatic rings. The lowest BCUT2D eigenvalue weighted by atomic mass is 9.81. The fraction of sp³-hybridized carbons (Fsp3) is 0.310. The van der Waals surface area contributed by atoms with Gasteiger partial charge in [0.15, 0.2) is 5.71 Å². The van der Waals surface area contributed by atoms with E-state index in [0.29, 0.717) is 6.42 Å². The number of allylic oxidation sites excluding steroid dienone is 6. The normalized spacial score (nSPS) is 18.0. The van der Waals surface area contributed by atoms with Crippen molar-refractivity contribution in [1.29, 1.82) is 0 Å². The molecule has 0 amide bonds. The molecule has 0 fully saturated rings. The summed E-state index contributed by atoms with van der Waals surface area (Å²) in [4.78, 5) is 6.32. The lowest BCUT2D eigenvalue weighted by Crippen LogP contribution is -2.37. The molecule has 3 aromatic carbocycles. The number of anilines is 1. The van der Waals surface area contributed by atoms with Crippen LogP contribution in [0.15, 0.2) is 122 Å². The third-order valence-corrected chi connectivity index (χ3v) is 10.6. The fourth-order valence-electron chi connectivity index (χ4n) is 7.93. The number of aryl methyl sites for hydroxylation is 1. The number of hydrogen-bond donors (Lipinski definition) is 1. The Morgan fingerprint density at radius 2 is 1.64 bits per heavy atom. The molecular formula is C42H45F2N8O+. The third-order valence-electron chi connectivity index (χ3n) is 10.6. The maximum Gasteiger partial charge on any atom is 0.209 e. The predicted molar refractivity (Wildman–Crippen MR) is 202 cm³/mol. The van der Waals surface area contributed by atoms with E-state index in [4.69, 9.17) is 0 Å². The minimum absolute atomic E-state index is 0.0651. The molecular weight excluding hydrogens is 671 g/mol. The van der Waals surface area contributed by atoms with Crippen LogP contribution in [0.2, 0.25) is 0 Å². The second-order valence-corrected chi connectivity index (χ2v) is 14.9. The van der Waals surface area contributed by atoms with E-state index < -0.39 is 17.2 Å². The highest BCUT2D eigenvalue weighted by molar-refractivity contribution is 6.03. The lowest BCUT2D eigenvalue weighted by Gasteiger charge is -2.28. The number of aliphatic hydroxyl groups is 1. The summed E-state index contributed by atoms with van der Waals surface area (Å²) in [6.45, 7) is 9.59. The Kier molecular flexibility index (Phi) is 9.54. The number of aromatic nitrogens is 6. The first-order valence-electron chi connectivity index (χ1n) is 17.9. The van der Waals surface area contributed by atoms with Gasteiger partial charge in [-0.05, 0) is 50.5 Å². The summed E-state index contributed by atoms with van der Waals surface area (Å²) in [5, 5.41) is 24.5. The van der Waals surface area contributed by atoms with E-state index in [9.17, 15) is 13.9 Å². The van der Waals surface area contributed by atoms with E-state index in [2.05, 4.69) is 144 Å². The molecule has 0 bridgehead atoms. The Morgan fingerprint density at radius 1 is 0.887 bits per heavy atom. The van der Waals surface area contributed by atoms with Gasteiger partial charge in [0.2, 0.25) is 5.69 Å². The number of benzene rings is 3. The highest BCUT2D eigenvalue weighted by Crippen LogP contribution is 2.47. The van der Waals surface area contributed by atoms with Crippen LogP contribution >= 0.6 is 0 Å². The SMILES string of the molecule is C[N+]1=C(/C=C/C=C/C=C2/N(CCCc3cn(CC(O)(Cn4cncn4)c4ccc(F)cc4F)nn3)c3ccccc3C2(C)C)C(C)(C)c2ccccc21. The largest absolute Gasteiger partial charge is 0.381 e. The number of fused-ring (bicyclic) bond motifs is 2. The van der Waals surface area contributed by atoms with Gasteiger partial charge >= 0.3 is 0 Å². The van der Waals surface area contributed by atoms with Crippen molar-refractivity contribution in [1.82, 2.24) is 29.8 Å². The Bertz CT molecular complexity index is 2250. The lowest BCUT2D eigenvalue weighted by molar-refractivity contribution is -0.401. The third kappa shape index (κ3) is 6.89. The number of para-hydroxylation sites is 2. The Labute approximate surface area is 308 Å². The van der Waals surface area contributed by atoms with Crippen molar-refractivity contribution in [3.05, 3.63) is 156 Å². The average molecular weight is 716 g/mol. The zero-order valence-corrected chi connectivity index (χ0v) is 30.8. The van der Waals surface area contributed by atoms with Crippen LogP contribution in [-0.4, -0.2) is 58.7 Å². The number of nitrogens with zero attached hydrogens (tertiary/aromatic N) is 8. The zero-order chi connectivity index (χ0) is 37.4. The van der Waals surface area contributed by atoms with E-state index in [-0.39, 0.29) is 29.5 Å². The molecule has 0 spiro atoms. The van der Waals surface area contributed by atoms with Gasteiger partial charge in [-0.25, -0.2) is 23.1 Å². The second kappa shape index (κ2) is 14.1. The van der Waals surface area contributed by atoms with Crippen molar-refractivity contribution in [2.45, 2.75) is 70.1 Å². The molecule has 5 aromatic rings. The molecule has 0 saturated heterocycles. The quantitative estimate of drug-likeness (QED) is 0.109. The summed E-state index contributed by atoms with van der Waals surface area (Å²) in [7, 11) is 2.13. The Balaban J connectivity index is 1.05. The van der Waals surface area contributed by atoms with Gasteiger partial charge in [-0.2, -0.15) is 9.67 Å². The smallest absolute Gasteiger partial charge is 0.209 e. The van der Waals surface area contributed by atoms with Crippen molar-refractivity contribution < 1.29 is 18.5 Å². The van der Waals surface area contributed by atoms with Crippen LogP contribution in [0.5, 0.6) is 0 Å². The molecule has 2 aromatic heterocycles. The predicted octanol–water partition coefficient (Wildman–Crippen LogP) is 7.17. The van der Waals surface area contributed by atoms with Crippen LogP contribution in [0.4, 0.5) is 20.2 Å². The van der Waals surface area contributed by atoms with Gasteiger partial charge in [0, 0.05) is 58.9 Å². The minimum atomic E-state index is -1.80. The van der Waals surface area contributed by atoms with Gasteiger partial charge in [-0.1, -0.05) is 79.8 Å². The van der Waals surface area contributed by atoms with Crippen LogP contribution in [0.1, 0.15) is 56.5 Å². The van der Waals surface area contributed by atoms with Crippen LogP contribution < -0.4 is 4.90 Å². The minimum Gasteiger partial charge on any atom is -0.381 e. The highest BCUT2D eigenvalue weighted by atomic mass is 19.1. The zero-order valence-electron chi connectivity index (χ0n) is 30.8. The molecule has 272 valence electrons. The van der Waals surface area contributed by atoms with Gasteiger partial charge in [0.25, 0.3) is 0 Å². The number of hydrogen-bond acceptors (Lipinski definition) is 6. The van der Waals surface area contributed by atoms with Gasteiger partial charge in [0.05, 0.1) is 24.2 Å². The van der Waals surface area contributed by atoms with Gasteiger partial charge in [-0.3, -0.25) is 0 Å². The molecule has 0 radical (unpaired) electrons. The summed E-state index contributed by atoms with van der Waals surface area (Å²) >= 11 is 0. The summed E-state index contributed by atoms with van der Waals surface area (Å²) in [6.07, 6.45) is 16.7. The van der Waals surface area contributed by atoms with Crippen LogP contribution in [-0.2, 0) is 35.9 Å². The van der Waals surface area contributed by atoms with E-state index in [1.165, 1.54) is 62.0 Å².